The summed E-state index contributed by atoms with van der Waals surface area (Å²) in [7, 11) is 0. The van der Waals surface area contributed by atoms with Gasteiger partial charge in [0.15, 0.2) is 0 Å². The van der Waals surface area contributed by atoms with Crippen molar-refractivity contribution in [1.29, 1.82) is 0 Å². The van der Waals surface area contributed by atoms with Crippen molar-refractivity contribution in [1.82, 2.24) is 4.90 Å². The van der Waals surface area contributed by atoms with Gasteiger partial charge in [-0.3, -0.25) is 9.69 Å². The van der Waals surface area contributed by atoms with Gasteiger partial charge >= 0.3 is 12.1 Å². The maximum absolute atomic E-state index is 13.0. The summed E-state index contributed by atoms with van der Waals surface area (Å²) in [5.74, 6) is -0.836. The Kier molecular flexibility index (Phi) is 6.93. The second kappa shape index (κ2) is 9.27. The second-order valence-corrected chi connectivity index (χ2v) is 7.75. The Hall–Kier alpha value is -2.25. The van der Waals surface area contributed by atoms with Crippen molar-refractivity contribution in [2.75, 3.05) is 19.7 Å². The number of nitrogens with zero attached hydrogens (tertiary/aromatic N) is 1. The predicted octanol–water partition coefficient (Wildman–Crippen LogP) is 5.64. The van der Waals surface area contributed by atoms with Gasteiger partial charge in [0.1, 0.15) is 5.75 Å². The third-order valence-corrected chi connectivity index (χ3v) is 5.52. The highest BCUT2D eigenvalue weighted by molar-refractivity contribution is 6.30. The van der Waals surface area contributed by atoms with Gasteiger partial charge in [-0.05, 0) is 62.2 Å². The van der Waals surface area contributed by atoms with Crippen LogP contribution in [0.3, 0.4) is 0 Å². The lowest BCUT2D eigenvalue weighted by atomic mass is 9.90. The van der Waals surface area contributed by atoms with E-state index in [-0.39, 0.29) is 0 Å². The lowest BCUT2D eigenvalue weighted by Crippen LogP contribution is -2.41. The maximum Gasteiger partial charge on any atom is 0.416 e. The standard InChI is InChI=1S/C22H23ClF3NO3/c1-2-30-19-10-9-17(23)12-18(19)20(27-11-3-4-15(13-27)21(28)29)14-5-7-16(8-6-14)22(24,25)26/h5-10,12,15,20H,2-4,11,13H2,1H3,(H,28,29). The summed E-state index contributed by atoms with van der Waals surface area (Å²) in [6, 6.07) is 9.65. The van der Waals surface area contributed by atoms with Gasteiger partial charge in [-0.1, -0.05) is 23.7 Å². The number of halogens is 4. The molecule has 1 aliphatic rings. The normalized spacial score (nSPS) is 18.8. The highest BCUT2D eigenvalue weighted by atomic mass is 35.5. The fourth-order valence-electron chi connectivity index (χ4n) is 3.90. The molecule has 1 N–H and O–H groups in total. The molecule has 0 radical (unpaired) electrons. The molecule has 1 saturated heterocycles. The van der Waals surface area contributed by atoms with Crippen LogP contribution >= 0.6 is 11.6 Å². The number of carbonyl (C=O) groups is 1. The molecule has 0 amide bonds. The minimum absolute atomic E-state index is 0.291. The molecule has 2 aromatic rings. The van der Waals surface area contributed by atoms with Crippen molar-refractivity contribution in [2.45, 2.75) is 32.0 Å². The number of rotatable bonds is 6. The minimum Gasteiger partial charge on any atom is -0.494 e. The Morgan fingerprint density at radius 2 is 1.97 bits per heavy atom. The molecular weight excluding hydrogens is 419 g/mol. The number of alkyl halides is 3. The highest BCUT2D eigenvalue weighted by Crippen LogP contribution is 2.39. The van der Waals surface area contributed by atoms with E-state index in [2.05, 4.69) is 0 Å². The van der Waals surface area contributed by atoms with Gasteiger partial charge in [0.2, 0.25) is 0 Å². The van der Waals surface area contributed by atoms with Crippen LogP contribution in [0.1, 0.15) is 42.5 Å². The predicted molar refractivity (Wildman–Crippen MR) is 108 cm³/mol. The molecule has 30 heavy (non-hydrogen) atoms. The molecule has 0 bridgehead atoms. The Morgan fingerprint density at radius 3 is 2.57 bits per heavy atom. The number of benzene rings is 2. The maximum atomic E-state index is 13.0. The van der Waals surface area contributed by atoms with Crippen LogP contribution in [0.5, 0.6) is 5.75 Å². The third kappa shape index (κ3) is 5.08. The van der Waals surface area contributed by atoms with Gasteiger partial charge in [0.25, 0.3) is 0 Å². The zero-order valence-electron chi connectivity index (χ0n) is 16.5. The van der Waals surface area contributed by atoms with E-state index >= 15 is 0 Å². The molecule has 0 aromatic heterocycles. The second-order valence-electron chi connectivity index (χ2n) is 7.31. The molecule has 162 valence electrons. The number of ether oxygens (including phenoxy) is 1. The lowest BCUT2D eigenvalue weighted by Gasteiger charge is -2.38. The molecule has 2 atom stereocenters. The SMILES string of the molecule is CCOc1ccc(Cl)cc1C(c1ccc(C(F)(F)F)cc1)N1CCCC(C(=O)O)C1. The summed E-state index contributed by atoms with van der Waals surface area (Å²) in [5.41, 5.74) is 0.593. The van der Waals surface area contributed by atoms with Gasteiger partial charge in [0.05, 0.1) is 24.1 Å². The fourth-order valence-corrected chi connectivity index (χ4v) is 4.08. The van der Waals surface area contributed by atoms with Gasteiger partial charge < -0.3 is 9.84 Å². The lowest BCUT2D eigenvalue weighted by molar-refractivity contribution is -0.144. The van der Waals surface area contributed by atoms with Gasteiger partial charge in [-0.15, -0.1) is 0 Å². The Bertz CT molecular complexity index is 886. The number of likely N-dealkylation sites (tertiary alicyclic amines) is 1. The molecule has 3 rings (SSSR count). The van der Waals surface area contributed by atoms with Crippen LogP contribution < -0.4 is 4.74 Å². The molecule has 1 heterocycles. The molecule has 2 unspecified atom stereocenters. The first-order chi connectivity index (χ1) is 14.2. The van der Waals surface area contributed by atoms with Gasteiger partial charge in [0, 0.05) is 17.1 Å². The van der Waals surface area contributed by atoms with E-state index in [1.165, 1.54) is 12.1 Å². The van der Waals surface area contributed by atoms with Gasteiger partial charge in [-0.25, -0.2) is 0 Å². The van der Waals surface area contributed by atoms with Crippen LogP contribution in [0, 0.1) is 5.92 Å². The van der Waals surface area contributed by atoms with E-state index in [0.29, 0.717) is 54.4 Å². The summed E-state index contributed by atoms with van der Waals surface area (Å²) in [4.78, 5) is 13.6. The number of aliphatic carboxylic acids is 1. The fraction of sp³-hybridized carbons (Fsp3) is 0.409. The van der Waals surface area contributed by atoms with Crippen molar-refractivity contribution in [3.05, 3.63) is 64.2 Å². The first-order valence-electron chi connectivity index (χ1n) is 9.77. The number of carboxylic acid groups (broad SMARTS) is 1. The molecule has 1 aliphatic heterocycles. The number of hydrogen-bond acceptors (Lipinski definition) is 3. The number of carboxylic acids is 1. The number of piperidine rings is 1. The van der Waals surface area contributed by atoms with E-state index in [1.807, 2.05) is 11.8 Å². The van der Waals surface area contributed by atoms with E-state index < -0.39 is 29.7 Å². The molecular formula is C22H23ClF3NO3. The quantitative estimate of drug-likeness (QED) is 0.630. The van der Waals surface area contributed by atoms with Crippen molar-refractivity contribution in [3.63, 3.8) is 0 Å². The van der Waals surface area contributed by atoms with Crippen LogP contribution in [0.4, 0.5) is 13.2 Å². The minimum atomic E-state index is -4.43. The van der Waals surface area contributed by atoms with E-state index in [0.717, 1.165) is 12.1 Å². The van der Waals surface area contributed by atoms with E-state index in [9.17, 15) is 23.1 Å². The van der Waals surface area contributed by atoms with Crippen LogP contribution in [-0.2, 0) is 11.0 Å². The van der Waals surface area contributed by atoms with Crippen molar-refractivity contribution >= 4 is 17.6 Å². The molecule has 4 nitrogen and oxygen atoms in total. The zero-order chi connectivity index (χ0) is 21.9. The monoisotopic (exact) mass is 441 g/mol. The molecule has 0 spiro atoms. The molecule has 2 aromatic carbocycles. The summed E-state index contributed by atoms with van der Waals surface area (Å²) >= 11 is 6.23. The summed E-state index contributed by atoms with van der Waals surface area (Å²) < 4.78 is 44.9. The number of hydrogen-bond donors (Lipinski definition) is 1. The summed E-state index contributed by atoms with van der Waals surface area (Å²) in [6.45, 7) is 3.16. The Balaban J connectivity index is 2.08. The van der Waals surface area contributed by atoms with Crippen LogP contribution in [0.15, 0.2) is 42.5 Å². The van der Waals surface area contributed by atoms with Gasteiger partial charge in [-0.2, -0.15) is 13.2 Å². The molecule has 0 saturated carbocycles. The van der Waals surface area contributed by atoms with Crippen molar-refractivity contribution < 1.29 is 27.8 Å². The molecule has 0 aliphatic carbocycles. The highest BCUT2D eigenvalue weighted by Gasteiger charge is 2.34. The average molecular weight is 442 g/mol. The topological polar surface area (TPSA) is 49.8 Å². The van der Waals surface area contributed by atoms with E-state index in [1.54, 1.807) is 18.2 Å². The van der Waals surface area contributed by atoms with Crippen molar-refractivity contribution in [3.8, 4) is 5.75 Å². The van der Waals surface area contributed by atoms with Crippen LogP contribution in [0.2, 0.25) is 5.02 Å². The summed E-state index contributed by atoms with van der Waals surface area (Å²) in [5, 5.41) is 9.96. The Morgan fingerprint density at radius 1 is 1.27 bits per heavy atom. The third-order valence-electron chi connectivity index (χ3n) is 5.29. The van der Waals surface area contributed by atoms with E-state index in [4.69, 9.17) is 16.3 Å². The van der Waals surface area contributed by atoms with Crippen molar-refractivity contribution in [2.24, 2.45) is 5.92 Å². The first-order valence-corrected chi connectivity index (χ1v) is 10.1. The van der Waals surface area contributed by atoms with Crippen LogP contribution in [0.25, 0.3) is 0 Å². The average Bonchev–Trinajstić information content (AvgIpc) is 2.70. The molecule has 8 heteroatoms. The molecule has 1 fully saturated rings. The van der Waals surface area contributed by atoms with Crippen LogP contribution in [-0.4, -0.2) is 35.7 Å². The smallest absolute Gasteiger partial charge is 0.416 e. The largest absolute Gasteiger partial charge is 0.494 e. The Labute approximate surface area is 178 Å². The zero-order valence-corrected chi connectivity index (χ0v) is 17.2. The summed E-state index contributed by atoms with van der Waals surface area (Å²) in [6.07, 6.45) is -3.18. The first kappa shape index (κ1) is 22.4.